The summed E-state index contributed by atoms with van der Waals surface area (Å²) < 4.78 is 5.86. The average Bonchev–Trinajstić information content (AvgIpc) is 3.10. The van der Waals surface area contributed by atoms with E-state index in [1.165, 1.54) is 6.92 Å². The van der Waals surface area contributed by atoms with Gasteiger partial charge in [0.2, 0.25) is 0 Å². The molecule has 4 aliphatic rings. The first-order valence-corrected chi connectivity index (χ1v) is 15.0. The smallest absolute Gasteiger partial charge is 0.303 e. The number of allylic oxidation sites excluding steroid dienone is 2. The van der Waals surface area contributed by atoms with Gasteiger partial charge in [-0.1, -0.05) is 73.1 Å². The zero-order chi connectivity index (χ0) is 27.7. The Hall–Kier alpha value is -1.13. The maximum absolute atomic E-state index is 12.1. The second-order valence-electron chi connectivity index (χ2n) is 14.8. The summed E-state index contributed by atoms with van der Waals surface area (Å²) in [5.74, 6) is 0.721. The third kappa shape index (κ3) is 4.19. The second kappa shape index (κ2) is 9.51. The van der Waals surface area contributed by atoms with Crippen LogP contribution in [0.1, 0.15) is 114 Å². The lowest BCUT2D eigenvalue weighted by Gasteiger charge is -2.62. The van der Waals surface area contributed by atoms with Gasteiger partial charge in [0.15, 0.2) is 0 Å². The number of hydrogen-bond acceptors (Lipinski definition) is 4. The number of aliphatic hydroxyl groups is 2. The molecule has 0 amide bonds. The van der Waals surface area contributed by atoms with Crippen LogP contribution >= 0.6 is 0 Å². The molecule has 4 nitrogen and oxygen atoms in total. The van der Waals surface area contributed by atoms with Gasteiger partial charge in [0.25, 0.3) is 0 Å². The van der Waals surface area contributed by atoms with Gasteiger partial charge in [0.1, 0.15) is 12.2 Å². The van der Waals surface area contributed by atoms with E-state index in [0.717, 1.165) is 56.9 Å². The Labute approximate surface area is 226 Å². The Bertz CT molecular complexity index is 961. The Balaban J connectivity index is 1.69. The molecule has 2 fully saturated rings. The molecule has 0 aliphatic heterocycles. The van der Waals surface area contributed by atoms with Crippen molar-refractivity contribution in [2.75, 3.05) is 0 Å². The Morgan fingerprint density at radius 2 is 1.62 bits per heavy atom. The van der Waals surface area contributed by atoms with Crippen molar-refractivity contribution in [2.24, 2.45) is 45.3 Å². The second-order valence-corrected chi connectivity index (χ2v) is 14.8. The number of carbonyl (C=O) groups excluding carboxylic acids is 1. The lowest BCUT2D eigenvalue weighted by molar-refractivity contribution is -0.159. The van der Waals surface area contributed by atoms with Crippen molar-refractivity contribution in [3.8, 4) is 0 Å². The zero-order valence-electron chi connectivity index (χ0n) is 25.1. The highest BCUT2D eigenvalue weighted by molar-refractivity contribution is 5.66. The first kappa shape index (κ1) is 28.9. The van der Waals surface area contributed by atoms with Crippen LogP contribution in [0.15, 0.2) is 23.3 Å². The van der Waals surface area contributed by atoms with Gasteiger partial charge in [-0.05, 0) is 102 Å². The molecule has 210 valence electrons. The summed E-state index contributed by atoms with van der Waals surface area (Å²) in [5, 5.41) is 22.2. The van der Waals surface area contributed by atoms with Crippen LogP contribution in [0, 0.1) is 45.3 Å². The first-order valence-electron chi connectivity index (χ1n) is 15.0. The van der Waals surface area contributed by atoms with E-state index in [4.69, 9.17) is 4.74 Å². The molecule has 2 N–H and O–H groups in total. The molecule has 0 aromatic carbocycles. The predicted molar refractivity (Wildman–Crippen MR) is 150 cm³/mol. The summed E-state index contributed by atoms with van der Waals surface area (Å²) >= 11 is 0. The van der Waals surface area contributed by atoms with Gasteiger partial charge in [-0.3, -0.25) is 4.79 Å². The summed E-state index contributed by atoms with van der Waals surface area (Å²) in [6.07, 6.45) is 7.16. The van der Waals surface area contributed by atoms with Crippen molar-refractivity contribution in [2.45, 2.75) is 132 Å². The molecule has 0 aromatic rings. The Morgan fingerprint density at radius 1 is 0.973 bits per heavy atom. The molecule has 4 rings (SSSR count). The van der Waals surface area contributed by atoms with Crippen molar-refractivity contribution in [1.29, 1.82) is 0 Å². The van der Waals surface area contributed by atoms with Crippen molar-refractivity contribution < 1.29 is 19.7 Å². The molecular weight excluding hydrogens is 460 g/mol. The molecule has 0 heterocycles. The molecule has 37 heavy (non-hydrogen) atoms. The van der Waals surface area contributed by atoms with Crippen LogP contribution in [-0.4, -0.2) is 34.5 Å². The van der Waals surface area contributed by atoms with Gasteiger partial charge in [0.05, 0.1) is 6.10 Å². The van der Waals surface area contributed by atoms with Crippen LogP contribution < -0.4 is 0 Å². The Kier molecular flexibility index (Phi) is 7.42. The third-order valence-corrected chi connectivity index (χ3v) is 12.7. The highest BCUT2D eigenvalue weighted by atomic mass is 16.6. The molecule has 2 saturated carbocycles. The summed E-state index contributed by atoms with van der Waals surface area (Å²) in [5.41, 5.74) is 4.50. The van der Waals surface area contributed by atoms with Crippen LogP contribution in [0.3, 0.4) is 0 Å². The van der Waals surface area contributed by atoms with Crippen LogP contribution in [0.5, 0.6) is 0 Å². The van der Waals surface area contributed by atoms with E-state index in [2.05, 4.69) is 48.1 Å². The summed E-state index contributed by atoms with van der Waals surface area (Å²) in [7, 11) is 0. The minimum absolute atomic E-state index is 0.0408. The quantitative estimate of drug-likeness (QED) is 0.290. The predicted octanol–water partition coefficient (Wildman–Crippen LogP) is 7.24. The van der Waals surface area contributed by atoms with E-state index in [9.17, 15) is 15.0 Å². The van der Waals surface area contributed by atoms with Crippen LogP contribution in [0.4, 0.5) is 0 Å². The van der Waals surface area contributed by atoms with Gasteiger partial charge in [0, 0.05) is 6.92 Å². The number of ether oxygens (including phenoxy) is 1. The van der Waals surface area contributed by atoms with Gasteiger partial charge >= 0.3 is 5.97 Å². The molecule has 4 aliphatic carbocycles. The lowest BCUT2D eigenvalue weighted by Crippen LogP contribution is -2.55. The maximum Gasteiger partial charge on any atom is 0.303 e. The zero-order valence-corrected chi connectivity index (χ0v) is 25.1. The van der Waals surface area contributed by atoms with Crippen LogP contribution in [0.2, 0.25) is 0 Å². The summed E-state index contributed by atoms with van der Waals surface area (Å²) in [6, 6.07) is 0. The molecule has 0 saturated heterocycles. The molecule has 0 aromatic heterocycles. The number of carbonyl (C=O) groups is 1. The fraction of sp³-hybridized carbons (Fsp3) is 0.848. The molecule has 0 radical (unpaired) electrons. The van der Waals surface area contributed by atoms with E-state index in [1.807, 2.05) is 13.8 Å². The number of esters is 1. The van der Waals surface area contributed by atoms with E-state index >= 15 is 0 Å². The van der Waals surface area contributed by atoms with Crippen LogP contribution in [0.25, 0.3) is 0 Å². The molecule has 9 atom stereocenters. The molecular formula is C33H54O4. The standard InChI is InChI=1S/C33H54O4/c1-19(2)20(3)28(36)29(37-22(5)34)21(4)23-13-17-33(10)25-11-12-26-30(6,7)27(35)15-16-31(26,8)24(25)14-18-32(23,33)9/h19,21,23,26-29,35-36H,3,11-18H2,1-2,4-10H3/t21-,23+,26-,27-,28-,29+,31+,32+,33-/m0/s1. The molecule has 0 spiro atoms. The minimum atomic E-state index is -0.849. The monoisotopic (exact) mass is 514 g/mol. The SMILES string of the molecule is C=C(C(C)C)[C@H](O)[C@H](OC(C)=O)[C@@H](C)[C@H]1CC[C@@]2(C)C3=C(CC[C@]12C)[C@@]1(C)CC[C@H](O)C(C)(C)[C@@H]1CC3. The maximum atomic E-state index is 12.1. The third-order valence-electron chi connectivity index (χ3n) is 12.7. The van der Waals surface area contributed by atoms with E-state index in [-0.39, 0.29) is 45.6 Å². The number of rotatable bonds is 6. The van der Waals surface area contributed by atoms with Gasteiger partial charge in [-0.25, -0.2) is 0 Å². The van der Waals surface area contributed by atoms with Gasteiger partial charge < -0.3 is 14.9 Å². The first-order chi connectivity index (χ1) is 17.0. The highest BCUT2D eigenvalue weighted by Crippen LogP contribution is 2.72. The van der Waals surface area contributed by atoms with Crippen molar-refractivity contribution in [1.82, 2.24) is 0 Å². The topological polar surface area (TPSA) is 66.8 Å². The van der Waals surface area contributed by atoms with Gasteiger partial charge in [-0.15, -0.1) is 0 Å². The number of hydrogen-bond donors (Lipinski definition) is 2. The normalized spacial score (nSPS) is 41.4. The summed E-state index contributed by atoms with van der Waals surface area (Å²) in [6.45, 7) is 24.0. The van der Waals surface area contributed by atoms with E-state index in [0.29, 0.717) is 11.8 Å². The van der Waals surface area contributed by atoms with Crippen molar-refractivity contribution in [3.63, 3.8) is 0 Å². The fourth-order valence-corrected chi connectivity index (χ4v) is 9.99. The number of fused-ring (bicyclic) bond motifs is 4. The van der Waals surface area contributed by atoms with Crippen molar-refractivity contribution in [3.05, 3.63) is 23.3 Å². The van der Waals surface area contributed by atoms with E-state index in [1.54, 1.807) is 11.1 Å². The van der Waals surface area contributed by atoms with Crippen molar-refractivity contribution >= 4 is 5.97 Å². The largest absolute Gasteiger partial charge is 0.459 e. The van der Waals surface area contributed by atoms with Crippen LogP contribution in [-0.2, 0) is 9.53 Å². The highest BCUT2D eigenvalue weighted by Gasteiger charge is 2.64. The van der Waals surface area contributed by atoms with Gasteiger partial charge in [-0.2, -0.15) is 0 Å². The Morgan fingerprint density at radius 3 is 2.22 bits per heavy atom. The molecule has 4 heteroatoms. The van der Waals surface area contributed by atoms with E-state index < -0.39 is 12.2 Å². The molecule has 0 unspecified atom stereocenters. The minimum Gasteiger partial charge on any atom is -0.459 e. The average molecular weight is 515 g/mol. The lowest BCUT2D eigenvalue weighted by atomic mass is 9.43. The summed E-state index contributed by atoms with van der Waals surface area (Å²) in [4.78, 5) is 12.1. The number of aliphatic hydroxyl groups excluding tert-OH is 2. The molecule has 0 bridgehead atoms. The fourth-order valence-electron chi connectivity index (χ4n) is 9.99.